The van der Waals surface area contributed by atoms with Gasteiger partial charge in [0, 0.05) is 23.9 Å². The van der Waals surface area contributed by atoms with Gasteiger partial charge in [0.15, 0.2) is 11.5 Å². The molecule has 0 aliphatic rings. The van der Waals surface area contributed by atoms with E-state index in [1.807, 2.05) is 67.9 Å². The highest BCUT2D eigenvalue weighted by molar-refractivity contribution is 5.93. The number of nitrogens with zero attached hydrogens (tertiary/aromatic N) is 3. The van der Waals surface area contributed by atoms with Crippen molar-refractivity contribution in [2.75, 3.05) is 0 Å². The van der Waals surface area contributed by atoms with E-state index in [9.17, 15) is 4.79 Å². The van der Waals surface area contributed by atoms with Gasteiger partial charge in [-0.25, -0.2) is 4.68 Å². The summed E-state index contributed by atoms with van der Waals surface area (Å²) in [5, 5.41) is 14.5. The van der Waals surface area contributed by atoms with Crippen molar-refractivity contribution in [1.29, 1.82) is 0 Å². The number of rotatable bonds is 5. The maximum Gasteiger partial charge on any atom is 0.272 e. The fourth-order valence-electron chi connectivity index (χ4n) is 3.15. The summed E-state index contributed by atoms with van der Waals surface area (Å²) < 4.78 is 7.45. The summed E-state index contributed by atoms with van der Waals surface area (Å²) in [5.41, 5.74) is 4.85. The monoisotopic (exact) mass is 375 g/mol. The zero-order valence-electron chi connectivity index (χ0n) is 16.0. The van der Waals surface area contributed by atoms with E-state index in [1.165, 1.54) is 0 Å². The minimum Gasteiger partial charge on any atom is -0.460 e. The molecule has 0 atom stereocenters. The topological polar surface area (TPSA) is 88.7 Å². The number of aromatic nitrogens is 4. The predicted octanol–water partition coefficient (Wildman–Crippen LogP) is 3.71. The van der Waals surface area contributed by atoms with Gasteiger partial charge in [0.25, 0.3) is 5.91 Å². The molecule has 4 aromatic rings. The van der Waals surface area contributed by atoms with Crippen LogP contribution in [0.2, 0.25) is 0 Å². The Morgan fingerprint density at radius 3 is 2.64 bits per heavy atom. The molecule has 28 heavy (non-hydrogen) atoms. The lowest BCUT2D eigenvalue weighted by atomic mass is 10.2. The lowest BCUT2D eigenvalue weighted by molar-refractivity contribution is 0.0946. The van der Waals surface area contributed by atoms with Gasteiger partial charge in [-0.15, -0.1) is 0 Å². The summed E-state index contributed by atoms with van der Waals surface area (Å²) >= 11 is 0. The molecule has 142 valence electrons. The maximum absolute atomic E-state index is 12.5. The highest BCUT2D eigenvalue weighted by Gasteiger charge is 2.16. The van der Waals surface area contributed by atoms with Gasteiger partial charge in [0.2, 0.25) is 0 Å². The van der Waals surface area contributed by atoms with Crippen LogP contribution in [0, 0.1) is 20.8 Å². The van der Waals surface area contributed by atoms with Crippen LogP contribution in [0.3, 0.4) is 0 Å². The number of para-hydroxylation sites is 1. The SMILES string of the molecule is Cc1ccc(-c2cc(C(=O)NCc3c(C)nn(-c4ccccc4)c3C)n[nH]2)o1. The summed E-state index contributed by atoms with van der Waals surface area (Å²) in [6.07, 6.45) is 0. The largest absolute Gasteiger partial charge is 0.460 e. The predicted molar refractivity (Wildman–Crippen MR) is 105 cm³/mol. The van der Waals surface area contributed by atoms with Crippen molar-refractivity contribution in [2.45, 2.75) is 27.3 Å². The Morgan fingerprint density at radius 2 is 1.93 bits per heavy atom. The normalized spacial score (nSPS) is 11.0. The molecule has 4 rings (SSSR count). The Labute approximate surface area is 162 Å². The third-order valence-corrected chi connectivity index (χ3v) is 4.68. The molecule has 0 aliphatic carbocycles. The van der Waals surface area contributed by atoms with Gasteiger partial charge in [-0.05, 0) is 45.0 Å². The summed E-state index contributed by atoms with van der Waals surface area (Å²) in [6.45, 7) is 6.19. The first-order valence-corrected chi connectivity index (χ1v) is 9.04. The van der Waals surface area contributed by atoms with Crippen LogP contribution in [0.5, 0.6) is 0 Å². The van der Waals surface area contributed by atoms with Crippen molar-refractivity contribution in [1.82, 2.24) is 25.3 Å². The molecule has 2 N–H and O–H groups in total. The second-order valence-electron chi connectivity index (χ2n) is 6.66. The average Bonchev–Trinajstić information content (AvgIpc) is 3.41. The molecule has 1 amide bonds. The molecule has 0 bridgehead atoms. The van der Waals surface area contributed by atoms with Crippen LogP contribution in [-0.4, -0.2) is 25.9 Å². The summed E-state index contributed by atoms with van der Waals surface area (Å²) in [7, 11) is 0. The second-order valence-corrected chi connectivity index (χ2v) is 6.66. The number of H-pyrrole nitrogens is 1. The van der Waals surface area contributed by atoms with Crippen LogP contribution < -0.4 is 5.32 Å². The lowest BCUT2D eigenvalue weighted by Crippen LogP contribution is -2.23. The van der Waals surface area contributed by atoms with Crippen molar-refractivity contribution in [3.63, 3.8) is 0 Å². The van der Waals surface area contributed by atoms with Crippen LogP contribution in [0.25, 0.3) is 17.1 Å². The van der Waals surface area contributed by atoms with Gasteiger partial charge in [-0.2, -0.15) is 10.2 Å². The van der Waals surface area contributed by atoms with Crippen LogP contribution in [0.4, 0.5) is 0 Å². The number of hydrogen-bond donors (Lipinski definition) is 2. The number of carbonyl (C=O) groups is 1. The molecule has 7 heteroatoms. The summed E-state index contributed by atoms with van der Waals surface area (Å²) in [5.74, 6) is 1.20. The average molecular weight is 375 g/mol. The van der Waals surface area contributed by atoms with Gasteiger partial charge in [-0.1, -0.05) is 18.2 Å². The summed E-state index contributed by atoms with van der Waals surface area (Å²) in [6, 6.07) is 15.3. The van der Waals surface area contributed by atoms with Crippen LogP contribution in [-0.2, 0) is 6.54 Å². The van der Waals surface area contributed by atoms with E-state index in [4.69, 9.17) is 4.42 Å². The molecule has 7 nitrogen and oxygen atoms in total. The second kappa shape index (κ2) is 7.19. The minimum atomic E-state index is -0.253. The third-order valence-electron chi connectivity index (χ3n) is 4.68. The third kappa shape index (κ3) is 3.34. The first-order valence-electron chi connectivity index (χ1n) is 9.04. The van der Waals surface area contributed by atoms with Gasteiger partial charge in [0.05, 0.1) is 11.4 Å². The first kappa shape index (κ1) is 17.8. The number of carbonyl (C=O) groups excluding carboxylic acids is 1. The van der Waals surface area contributed by atoms with Gasteiger partial charge in [0.1, 0.15) is 11.5 Å². The molecular formula is C21H21N5O2. The number of aromatic amines is 1. The Kier molecular flexibility index (Phi) is 4.57. The number of nitrogens with one attached hydrogen (secondary N) is 2. The highest BCUT2D eigenvalue weighted by atomic mass is 16.3. The number of benzene rings is 1. The van der Waals surface area contributed by atoms with E-state index in [0.717, 1.165) is 28.4 Å². The van der Waals surface area contributed by atoms with E-state index in [2.05, 4.69) is 20.6 Å². The molecule has 0 saturated carbocycles. The first-order chi connectivity index (χ1) is 13.5. The minimum absolute atomic E-state index is 0.253. The zero-order valence-corrected chi connectivity index (χ0v) is 16.0. The molecule has 0 spiro atoms. The molecule has 1 aromatic carbocycles. The Balaban J connectivity index is 1.48. The molecule has 0 fully saturated rings. The van der Waals surface area contributed by atoms with Crippen molar-refractivity contribution >= 4 is 5.91 Å². The van der Waals surface area contributed by atoms with Crippen LogP contribution in [0.15, 0.2) is 52.9 Å². The molecule has 0 radical (unpaired) electrons. The maximum atomic E-state index is 12.5. The van der Waals surface area contributed by atoms with Crippen LogP contribution >= 0.6 is 0 Å². The molecule has 0 unspecified atom stereocenters. The fraction of sp³-hybridized carbons (Fsp3) is 0.190. The Bertz CT molecular complexity index is 1120. The fourth-order valence-corrected chi connectivity index (χ4v) is 3.15. The van der Waals surface area contributed by atoms with Crippen molar-refractivity contribution in [3.8, 4) is 17.1 Å². The molecule has 0 aliphatic heterocycles. The van der Waals surface area contributed by atoms with E-state index in [0.29, 0.717) is 23.7 Å². The van der Waals surface area contributed by atoms with E-state index < -0.39 is 0 Å². The van der Waals surface area contributed by atoms with Crippen molar-refractivity contribution < 1.29 is 9.21 Å². The number of aryl methyl sites for hydroxylation is 2. The van der Waals surface area contributed by atoms with Gasteiger partial charge < -0.3 is 9.73 Å². The van der Waals surface area contributed by atoms with E-state index in [1.54, 1.807) is 6.07 Å². The number of furan rings is 1. The van der Waals surface area contributed by atoms with Gasteiger partial charge >= 0.3 is 0 Å². The summed E-state index contributed by atoms with van der Waals surface area (Å²) in [4.78, 5) is 12.5. The standard InChI is InChI=1S/C21H21N5O2/c1-13-9-10-20(28-13)18-11-19(24-23-18)21(27)22-12-17-14(2)25-26(15(17)3)16-7-5-4-6-8-16/h4-11H,12H2,1-3H3,(H,22,27)(H,23,24). The molecular weight excluding hydrogens is 354 g/mol. The smallest absolute Gasteiger partial charge is 0.272 e. The van der Waals surface area contributed by atoms with E-state index >= 15 is 0 Å². The van der Waals surface area contributed by atoms with Gasteiger partial charge in [-0.3, -0.25) is 9.89 Å². The number of hydrogen-bond acceptors (Lipinski definition) is 4. The highest BCUT2D eigenvalue weighted by Crippen LogP contribution is 2.21. The zero-order chi connectivity index (χ0) is 19.7. The Hall–Kier alpha value is -3.61. The van der Waals surface area contributed by atoms with Crippen LogP contribution in [0.1, 0.15) is 33.2 Å². The van der Waals surface area contributed by atoms with Crippen molar-refractivity contribution in [3.05, 3.63) is 76.9 Å². The number of amides is 1. The van der Waals surface area contributed by atoms with Crippen molar-refractivity contribution in [2.24, 2.45) is 0 Å². The molecule has 3 aromatic heterocycles. The molecule has 0 saturated heterocycles. The quantitative estimate of drug-likeness (QED) is 0.556. The Morgan fingerprint density at radius 1 is 1.14 bits per heavy atom. The molecule has 3 heterocycles. The van der Waals surface area contributed by atoms with E-state index in [-0.39, 0.29) is 5.91 Å². The lowest BCUT2D eigenvalue weighted by Gasteiger charge is -2.06.